The van der Waals surface area contributed by atoms with E-state index in [2.05, 4.69) is 15.5 Å². The lowest BCUT2D eigenvalue weighted by Gasteiger charge is -2.21. The van der Waals surface area contributed by atoms with Crippen LogP contribution in [0.3, 0.4) is 0 Å². The van der Waals surface area contributed by atoms with Gasteiger partial charge in [-0.1, -0.05) is 37.3 Å². The Morgan fingerprint density at radius 1 is 0.941 bits per heavy atom. The molecule has 0 radical (unpaired) electrons. The second-order valence-corrected chi connectivity index (χ2v) is 7.64. The smallest absolute Gasteiger partial charge is 0.265 e. The van der Waals surface area contributed by atoms with Gasteiger partial charge in [0.1, 0.15) is 19.0 Å². The summed E-state index contributed by atoms with van der Waals surface area (Å²) in [6.45, 7) is 2.87. The van der Waals surface area contributed by atoms with E-state index in [0.717, 1.165) is 5.56 Å². The molecule has 0 bridgehead atoms. The number of nitrogens with one attached hydrogen (secondary N) is 1. The number of anilines is 1. The molecule has 172 valence electrons. The maximum atomic E-state index is 13.0. The summed E-state index contributed by atoms with van der Waals surface area (Å²) in [6.07, 6.45) is -0.269. The molecule has 1 aromatic heterocycles. The van der Waals surface area contributed by atoms with E-state index in [1.807, 2.05) is 55.5 Å². The van der Waals surface area contributed by atoms with Gasteiger partial charge in [0.25, 0.3) is 11.8 Å². The van der Waals surface area contributed by atoms with Gasteiger partial charge in [0, 0.05) is 17.3 Å². The van der Waals surface area contributed by atoms with Gasteiger partial charge in [0.15, 0.2) is 17.6 Å². The summed E-state index contributed by atoms with van der Waals surface area (Å²) in [5.41, 5.74) is 2.04. The van der Waals surface area contributed by atoms with Gasteiger partial charge in [-0.25, -0.2) is 0 Å². The Morgan fingerprint density at radius 2 is 1.68 bits per heavy atom. The van der Waals surface area contributed by atoms with Crippen LogP contribution in [-0.4, -0.2) is 35.4 Å². The predicted molar refractivity (Wildman–Crippen MR) is 126 cm³/mol. The number of hydrogen-bond donors (Lipinski definition) is 1. The number of amides is 1. The van der Waals surface area contributed by atoms with E-state index in [1.165, 1.54) is 0 Å². The molecule has 0 saturated carbocycles. The molecule has 3 aromatic carbocycles. The van der Waals surface area contributed by atoms with Gasteiger partial charge in [0.2, 0.25) is 5.89 Å². The first-order chi connectivity index (χ1) is 16.7. The van der Waals surface area contributed by atoms with Crippen molar-refractivity contribution in [2.24, 2.45) is 0 Å². The Hall–Kier alpha value is -4.33. The van der Waals surface area contributed by atoms with Crippen molar-refractivity contribution in [1.82, 2.24) is 10.2 Å². The first-order valence-corrected chi connectivity index (χ1v) is 11.1. The third kappa shape index (κ3) is 4.56. The average molecular weight is 457 g/mol. The molecule has 0 aliphatic carbocycles. The Bertz CT molecular complexity index is 1290. The Kier molecular flexibility index (Phi) is 6.11. The molecule has 0 saturated heterocycles. The zero-order valence-corrected chi connectivity index (χ0v) is 18.6. The fraction of sp³-hybridized carbons (Fsp3) is 0.192. The molecule has 2 heterocycles. The molecule has 0 fully saturated rings. The average Bonchev–Trinajstić information content (AvgIpc) is 3.38. The standard InChI is InChI=1S/C26H23N3O5/c1-2-20(24(30)27-18-12-13-22-23(16-18)32-15-14-31-22)33-21-11-7-6-10-19(21)26-29-28-25(34-26)17-8-4-3-5-9-17/h3-13,16,20H,2,14-15H2,1H3,(H,27,30). The molecule has 1 aliphatic heterocycles. The van der Waals surface area contributed by atoms with Crippen molar-refractivity contribution in [2.45, 2.75) is 19.4 Å². The number of nitrogens with zero attached hydrogens (tertiary/aromatic N) is 2. The van der Waals surface area contributed by atoms with Gasteiger partial charge < -0.3 is 23.9 Å². The molecule has 5 rings (SSSR count). The first kappa shape index (κ1) is 21.5. The van der Waals surface area contributed by atoms with Gasteiger partial charge in [0.05, 0.1) is 5.56 Å². The maximum absolute atomic E-state index is 13.0. The van der Waals surface area contributed by atoms with Crippen molar-refractivity contribution in [3.63, 3.8) is 0 Å². The molecule has 1 aliphatic rings. The second kappa shape index (κ2) is 9.66. The fourth-order valence-corrected chi connectivity index (χ4v) is 3.59. The number of para-hydroxylation sites is 1. The minimum atomic E-state index is -0.731. The molecule has 34 heavy (non-hydrogen) atoms. The first-order valence-electron chi connectivity index (χ1n) is 11.1. The highest BCUT2D eigenvalue weighted by molar-refractivity contribution is 5.94. The van der Waals surface area contributed by atoms with Crippen molar-refractivity contribution < 1.29 is 23.4 Å². The molecule has 1 N–H and O–H groups in total. The van der Waals surface area contributed by atoms with E-state index in [0.29, 0.717) is 59.9 Å². The number of rotatable bonds is 7. The van der Waals surface area contributed by atoms with Crippen LogP contribution in [-0.2, 0) is 4.79 Å². The lowest BCUT2D eigenvalue weighted by atomic mass is 10.2. The molecule has 4 aromatic rings. The summed E-state index contributed by atoms with van der Waals surface area (Å²) < 4.78 is 23.1. The van der Waals surface area contributed by atoms with Crippen LogP contribution in [0, 0.1) is 0 Å². The van der Waals surface area contributed by atoms with Crippen LogP contribution in [0.25, 0.3) is 22.9 Å². The molecular weight excluding hydrogens is 434 g/mol. The highest BCUT2D eigenvalue weighted by Crippen LogP contribution is 2.34. The summed E-state index contributed by atoms with van der Waals surface area (Å²) in [5, 5.41) is 11.2. The topological polar surface area (TPSA) is 95.7 Å². The Morgan fingerprint density at radius 3 is 2.50 bits per heavy atom. The third-order valence-electron chi connectivity index (χ3n) is 5.31. The van der Waals surface area contributed by atoms with Crippen molar-refractivity contribution in [1.29, 1.82) is 0 Å². The van der Waals surface area contributed by atoms with Crippen molar-refractivity contribution in [2.75, 3.05) is 18.5 Å². The fourth-order valence-electron chi connectivity index (χ4n) is 3.59. The van der Waals surface area contributed by atoms with Gasteiger partial charge in [-0.15, -0.1) is 10.2 Å². The monoisotopic (exact) mass is 457 g/mol. The number of aromatic nitrogens is 2. The number of carbonyl (C=O) groups is 1. The molecule has 8 nitrogen and oxygen atoms in total. The van der Waals surface area contributed by atoms with E-state index >= 15 is 0 Å². The number of ether oxygens (including phenoxy) is 3. The number of hydrogen-bond acceptors (Lipinski definition) is 7. The minimum Gasteiger partial charge on any atom is -0.486 e. The van der Waals surface area contributed by atoms with Gasteiger partial charge in [-0.05, 0) is 42.8 Å². The van der Waals surface area contributed by atoms with Crippen LogP contribution >= 0.6 is 0 Å². The summed E-state index contributed by atoms with van der Waals surface area (Å²) >= 11 is 0. The van der Waals surface area contributed by atoms with E-state index in [9.17, 15) is 4.79 Å². The molecule has 8 heteroatoms. The SMILES string of the molecule is CCC(Oc1ccccc1-c1nnc(-c2ccccc2)o1)C(=O)Nc1ccc2c(c1)OCCO2. The molecule has 1 amide bonds. The summed E-state index contributed by atoms with van der Waals surface area (Å²) in [5.74, 6) is 2.20. The Balaban J connectivity index is 1.34. The van der Waals surface area contributed by atoms with Crippen LogP contribution in [0.1, 0.15) is 13.3 Å². The highest BCUT2D eigenvalue weighted by atomic mass is 16.6. The zero-order valence-electron chi connectivity index (χ0n) is 18.6. The minimum absolute atomic E-state index is 0.274. The quantitative estimate of drug-likeness (QED) is 0.418. The highest BCUT2D eigenvalue weighted by Gasteiger charge is 2.23. The molecule has 1 atom stereocenters. The van der Waals surface area contributed by atoms with Crippen LogP contribution in [0.15, 0.2) is 77.2 Å². The van der Waals surface area contributed by atoms with Crippen molar-refractivity contribution in [3.05, 3.63) is 72.8 Å². The second-order valence-electron chi connectivity index (χ2n) is 7.64. The largest absolute Gasteiger partial charge is 0.486 e. The van der Waals surface area contributed by atoms with E-state index in [4.69, 9.17) is 18.6 Å². The number of fused-ring (bicyclic) bond motifs is 1. The lowest BCUT2D eigenvalue weighted by Crippen LogP contribution is -2.32. The van der Waals surface area contributed by atoms with E-state index < -0.39 is 6.10 Å². The van der Waals surface area contributed by atoms with Crippen LogP contribution in [0.5, 0.6) is 17.2 Å². The van der Waals surface area contributed by atoms with E-state index in [1.54, 1.807) is 24.3 Å². The van der Waals surface area contributed by atoms with Crippen LogP contribution in [0.4, 0.5) is 5.69 Å². The van der Waals surface area contributed by atoms with Gasteiger partial charge in [-0.3, -0.25) is 4.79 Å². The zero-order chi connectivity index (χ0) is 23.3. The number of benzene rings is 3. The summed E-state index contributed by atoms with van der Waals surface area (Å²) in [7, 11) is 0. The molecule has 1 unspecified atom stereocenters. The predicted octanol–water partition coefficient (Wildman–Crippen LogP) is 4.97. The Labute approximate surface area is 196 Å². The van der Waals surface area contributed by atoms with Gasteiger partial charge in [-0.2, -0.15) is 0 Å². The maximum Gasteiger partial charge on any atom is 0.265 e. The summed E-state index contributed by atoms with van der Waals surface area (Å²) in [4.78, 5) is 13.0. The third-order valence-corrected chi connectivity index (χ3v) is 5.31. The lowest BCUT2D eigenvalue weighted by molar-refractivity contribution is -0.122. The molecule has 0 spiro atoms. The molecular formula is C26H23N3O5. The van der Waals surface area contributed by atoms with Crippen molar-refractivity contribution in [3.8, 4) is 40.2 Å². The van der Waals surface area contributed by atoms with Crippen molar-refractivity contribution >= 4 is 11.6 Å². The van der Waals surface area contributed by atoms with Crippen LogP contribution < -0.4 is 19.5 Å². The normalized spacial score (nSPS) is 13.2. The van der Waals surface area contributed by atoms with E-state index in [-0.39, 0.29) is 5.91 Å². The van der Waals surface area contributed by atoms with Crippen LogP contribution in [0.2, 0.25) is 0 Å². The summed E-state index contributed by atoms with van der Waals surface area (Å²) in [6, 6.07) is 22.1. The number of carbonyl (C=O) groups excluding carboxylic acids is 1. The van der Waals surface area contributed by atoms with Gasteiger partial charge >= 0.3 is 0 Å².